The molecule has 12 heavy (non-hydrogen) atoms. The molecule has 68 valence electrons. The van der Waals surface area contributed by atoms with Crippen molar-refractivity contribution in [2.24, 2.45) is 10.4 Å². The van der Waals surface area contributed by atoms with E-state index in [0.29, 0.717) is 6.61 Å². The van der Waals surface area contributed by atoms with Crippen LogP contribution >= 0.6 is 0 Å². The number of hydrogen-bond donors (Lipinski definition) is 0. The zero-order valence-corrected chi connectivity index (χ0v) is 7.59. The fourth-order valence-corrected chi connectivity index (χ4v) is 0.621. The van der Waals surface area contributed by atoms with E-state index in [2.05, 4.69) is 4.99 Å². The second-order valence-electron chi connectivity index (χ2n) is 3.01. The van der Waals surface area contributed by atoms with Crippen molar-refractivity contribution >= 4 is 12.0 Å². The highest BCUT2D eigenvalue weighted by Crippen LogP contribution is 2.17. The van der Waals surface area contributed by atoms with Crippen molar-refractivity contribution in [1.29, 1.82) is 0 Å². The summed E-state index contributed by atoms with van der Waals surface area (Å²) in [5.74, 6) is -0.344. The zero-order valence-electron chi connectivity index (χ0n) is 7.59. The summed E-state index contributed by atoms with van der Waals surface area (Å²) in [6.45, 7) is 5.54. The molecule has 0 atom stereocenters. The van der Waals surface area contributed by atoms with Gasteiger partial charge in [-0.05, 0) is 20.8 Å². The second kappa shape index (κ2) is 4.67. The lowest BCUT2D eigenvalue weighted by molar-refractivity contribution is -0.152. The molecule has 0 radical (unpaired) electrons. The van der Waals surface area contributed by atoms with Gasteiger partial charge in [-0.25, -0.2) is 9.79 Å². The first kappa shape index (κ1) is 10.8. The molecule has 0 rings (SSSR count). The lowest BCUT2D eigenvalue weighted by Gasteiger charge is -2.18. The van der Waals surface area contributed by atoms with Crippen molar-refractivity contribution in [1.82, 2.24) is 0 Å². The van der Waals surface area contributed by atoms with Crippen molar-refractivity contribution in [2.45, 2.75) is 20.8 Å². The Morgan fingerprint density at radius 1 is 1.58 bits per heavy atom. The molecular weight excluding hydrogens is 158 g/mol. The lowest BCUT2D eigenvalue weighted by atomic mass is 9.94. The Hall–Kier alpha value is -1.15. The average Bonchev–Trinajstić information content (AvgIpc) is 2.01. The minimum absolute atomic E-state index is 0.120. The summed E-state index contributed by atoms with van der Waals surface area (Å²) in [6, 6.07) is 0. The molecule has 0 saturated carbocycles. The number of isocyanates is 1. The van der Waals surface area contributed by atoms with Gasteiger partial charge in [0.2, 0.25) is 6.08 Å². The quantitative estimate of drug-likeness (QED) is 0.359. The molecule has 0 spiro atoms. The van der Waals surface area contributed by atoms with E-state index in [4.69, 9.17) is 4.74 Å². The summed E-state index contributed by atoms with van der Waals surface area (Å²) >= 11 is 0. The smallest absolute Gasteiger partial charge is 0.313 e. The van der Waals surface area contributed by atoms with Crippen LogP contribution in [0.5, 0.6) is 0 Å². The highest BCUT2D eigenvalue weighted by molar-refractivity contribution is 5.76. The second-order valence-corrected chi connectivity index (χ2v) is 3.01. The molecular formula is C8H13NO3. The van der Waals surface area contributed by atoms with Crippen LogP contribution in [0.3, 0.4) is 0 Å². The maximum Gasteiger partial charge on any atom is 0.313 e. The third-order valence-corrected chi connectivity index (χ3v) is 1.37. The molecule has 4 nitrogen and oxygen atoms in total. The van der Waals surface area contributed by atoms with Crippen LogP contribution < -0.4 is 0 Å². The van der Waals surface area contributed by atoms with Crippen molar-refractivity contribution in [2.75, 3.05) is 13.2 Å². The van der Waals surface area contributed by atoms with Gasteiger partial charge >= 0.3 is 5.97 Å². The maximum absolute atomic E-state index is 11.2. The summed E-state index contributed by atoms with van der Waals surface area (Å²) in [5.41, 5.74) is -0.729. The molecule has 0 aliphatic heterocycles. The topological polar surface area (TPSA) is 55.7 Å². The van der Waals surface area contributed by atoms with Gasteiger partial charge < -0.3 is 4.74 Å². The van der Waals surface area contributed by atoms with Crippen LogP contribution in [-0.4, -0.2) is 25.2 Å². The van der Waals surface area contributed by atoms with Crippen molar-refractivity contribution in [3.8, 4) is 0 Å². The molecule has 0 fully saturated rings. The minimum Gasteiger partial charge on any atom is -0.466 e. The van der Waals surface area contributed by atoms with Crippen LogP contribution in [0.2, 0.25) is 0 Å². The Morgan fingerprint density at radius 2 is 2.17 bits per heavy atom. The molecule has 0 saturated heterocycles. The number of nitrogens with zero attached hydrogens (tertiary/aromatic N) is 1. The van der Waals surface area contributed by atoms with Crippen LogP contribution in [-0.2, 0) is 14.3 Å². The molecule has 0 aliphatic carbocycles. The first-order chi connectivity index (χ1) is 5.54. The molecule has 0 aromatic rings. The zero-order chi connectivity index (χ0) is 9.61. The monoisotopic (exact) mass is 171 g/mol. The fraction of sp³-hybridized carbons (Fsp3) is 0.750. The lowest BCUT2D eigenvalue weighted by Crippen LogP contribution is -2.29. The highest BCUT2D eigenvalue weighted by Gasteiger charge is 2.28. The predicted molar refractivity (Wildman–Crippen MR) is 43.4 cm³/mol. The average molecular weight is 171 g/mol. The summed E-state index contributed by atoms with van der Waals surface area (Å²) in [4.78, 5) is 24.3. The fourth-order valence-electron chi connectivity index (χ4n) is 0.621. The van der Waals surface area contributed by atoms with Gasteiger partial charge in [0.15, 0.2) is 0 Å². The number of ether oxygens (including phenoxy) is 1. The SMILES string of the molecule is CCOC(=O)C(C)(C)CN=C=O. The van der Waals surface area contributed by atoms with Gasteiger partial charge in [0.25, 0.3) is 0 Å². The van der Waals surface area contributed by atoms with Crippen molar-refractivity contribution < 1.29 is 14.3 Å². The first-order valence-corrected chi connectivity index (χ1v) is 3.75. The maximum atomic E-state index is 11.2. The molecule has 0 heterocycles. The number of hydrogen-bond acceptors (Lipinski definition) is 4. The molecule has 0 amide bonds. The molecule has 0 aromatic heterocycles. The highest BCUT2D eigenvalue weighted by atomic mass is 16.5. The Kier molecular flexibility index (Phi) is 4.22. The standard InChI is InChI=1S/C8H13NO3/c1-4-12-7(11)8(2,3)5-9-6-10/h4-5H2,1-3H3. The van der Waals surface area contributed by atoms with E-state index < -0.39 is 5.41 Å². The number of esters is 1. The third-order valence-electron chi connectivity index (χ3n) is 1.37. The van der Waals surface area contributed by atoms with Crippen LogP contribution in [0.15, 0.2) is 4.99 Å². The normalized spacial score (nSPS) is 10.2. The third kappa shape index (κ3) is 3.30. The van der Waals surface area contributed by atoms with E-state index in [9.17, 15) is 9.59 Å². The molecule has 0 unspecified atom stereocenters. The van der Waals surface area contributed by atoms with E-state index in [1.54, 1.807) is 20.8 Å². The van der Waals surface area contributed by atoms with E-state index in [0.717, 1.165) is 0 Å². The Bertz CT molecular complexity index is 204. The van der Waals surface area contributed by atoms with E-state index in [1.165, 1.54) is 6.08 Å². The van der Waals surface area contributed by atoms with Crippen molar-refractivity contribution in [3.63, 3.8) is 0 Å². The number of carbonyl (C=O) groups excluding carboxylic acids is 2. The summed E-state index contributed by atoms with van der Waals surface area (Å²) < 4.78 is 4.77. The molecule has 4 heteroatoms. The summed E-state index contributed by atoms with van der Waals surface area (Å²) in [6.07, 6.45) is 1.39. The molecule has 0 aliphatic rings. The van der Waals surface area contributed by atoms with E-state index >= 15 is 0 Å². The van der Waals surface area contributed by atoms with Crippen LogP contribution in [0.4, 0.5) is 0 Å². The summed E-state index contributed by atoms with van der Waals surface area (Å²) in [5, 5.41) is 0. The first-order valence-electron chi connectivity index (χ1n) is 3.75. The van der Waals surface area contributed by atoms with Gasteiger partial charge in [-0.3, -0.25) is 4.79 Å². The molecule has 0 bridgehead atoms. The van der Waals surface area contributed by atoms with Gasteiger partial charge in [0.1, 0.15) is 0 Å². The predicted octanol–water partition coefficient (Wildman–Crippen LogP) is 0.911. The van der Waals surface area contributed by atoms with Crippen LogP contribution in [0.1, 0.15) is 20.8 Å². The largest absolute Gasteiger partial charge is 0.466 e. The van der Waals surface area contributed by atoms with Crippen molar-refractivity contribution in [3.05, 3.63) is 0 Å². The molecule has 0 aromatic carbocycles. The van der Waals surface area contributed by atoms with Gasteiger partial charge in [-0.1, -0.05) is 0 Å². The van der Waals surface area contributed by atoms with E-state index in [-0.39, 0.29) is 12.5 Å². The van der Waals surface area contributed by atoms with Gasteiger partial charge in [-0.15, -0.1) is 0 Å². The van der Waals surface area contributed by atoms with Gasteiger partial charge in [0, 0.05) is 0 Å². The Morgan fingerprint density at radius 3 is 2.58 bits per heavy atom. The molecule has 0 N–H and O–H groups in total. The Labute approximate surface area is 71.6 Å². The Balaban J connectivity index is 4.17. The minimum atomic E-state index is -0.729. The van der Waals surface area contributed by atoms with Gasteiger partial charge in [0.05, 0.1) is 18.6 Å². The number of rotatable bonds is 4. The van der Waals surface area contributed by atoms with Crippen LogP contribution in [0, 0.1) is 5.41 Å². The van der Waals surface area contributed by atoms with Crippen LogP contribution in [0.25, 0.3) is 0 Å². The summed E-state index contributed by atoms with van der Waals surface area (Å²) in [7, 11) is 0. The number of carbonyl (C=O) groups is 1. The number of aliphatic imine (C=N–C) groups is 1. The van der Waals surface area contributed by atoms with E-state index in [1.807, 2.05) is 0 Å². The van der Waals surface area contributed by atoms with Gasteiger partial charge in [-0.2, -0.15) is 0 Å².